The summed E-state index contributed by atoms with van der Waals surface area (Å²) in [5.74, 6) is -0.0270. The maximum absolute atomic E-state index is 11.8. The molecule has 0 saturated heterocycles. The molecule has 2 atom stereocenters. The summed E-state index contributed by atoms with van der Waals surface area (Å²) >= 11 is 6.06. The first-order valence-electron chi connectivity index (χ1n) is 5.74. The molecule has 0 aliphatic heterocycles. The van der Waals surface area contributed by atoms with Crippen molar-refractivity contribution in [3.8, 4) is 0 Å². The lowest BCUT2D eigenvalue weighted by molar-refractivity contribution is -0.123. The fourth-order valence-corrected chi connectivity index (χ4v) is 1.82. The number of carbonyl (C=O) groups excluding carboxylic acids is 1. The Balaban J connectivity index is 2.70. The van der Waals surface area contributed by atoms with E-state index in [-0.39, 0.29) is 17.9 Å². The summed E-state index contributed by atoms with van der Waals surface area (Å²) in [6.45, 7) is 5.74. The fraction of sp³-hybridized carbons (Fsp3) is 0.462. The Hall–Kier alpha value is -1.06. The number of carbonyl (C=O) groups is 1. The molecule has 1 amide bonds. The Morgan fingerprint density at radius 2 is 1.88 bits per heavy atom. The summed E-state index contributed by atoms with van der Waals surface area (Å²) < 4.78 is 0. The van der Waals surface area contributed by atoms with Gasteiger partial charge in [-0.15, -0.1) is 0 Å². The van der Waals surface area contributed by atoms with Crippen molar-refractivity contribution in [1.29, 1.82) is 0 Å². The van der Waals surface area contributed by atoms with E-state index in [1.165, 1.54) is 0 Å². The normalized spacial score (nSPS) is 14.5. The highest BCUT2D eigenvalue weighted by molar-refractivity contribution is 6.31. The third-order valence-electron chi connectivity index (χ3n) is 2.75. The van der Waals surface area contributed by atoms with Crippen LogP contribution >= 0.6 is 11.6 Å². The molecule has 0 spiro atoms. The maximum Gasteiger partial charge on any atom is 0.237 e. The summed E-state index contributed by atoms with van der Waals surface area (Å²) in [5, 5.41) is 3.52. The number of hydrogen-bond acceptors (Lipinski definition) is 2. The van der Waals surface area contributed by atoms with Crippen molar-refractivity contribution in [2.75, 3.05) is 0 Å². The van der Waals surface area contributed by atoms with Gasteiger partial charge in [0, 0.05) is 5.02 Å². The fourth-order valence-electron chi connectivity index (χ4n) is 1.52. The van der Waals surface area contributed by atoms with Gasteiger partial charge in [-0.05, 0) is 24.5 Å². The van der Waals surface area contributed by atoms with Gasteiger partial charge in [-0.2, -0.15) is 0 Å². The van der Waals surface area contributed by atoms with Crippen LogP contribution in [0.3, 0.4) is 0 Å². The predicted molar refractivity (Wildman–Crippen MR) is 70.8 cm³/mol. The Morgan fingerprint density at radius 3 is 2.41 bits per heavy atom. The molecule has 1 aromatic rings. The lowest BCUT2D eigenvalue weighted by atomic mass is 10.0. The van der Waals surface area contributed by atoms with Crippen molar-refractivity contribution in [1.82, 2.24) is 5.32 Å². The minimum absolute atomic E-state index is 0.119. The van der Waals surface area contributed by atoms with Gasteiger partial charge in [0.05, 0.1) is 12.1 Å². The number of nitrogens with two attached hydrogens (primary N) is 1. The number of halogens is 1. The Labute approximate surface area is 107 Å². The smallest absolute Gasteiger partial charge is 0.237 e. The lowest BCUT2D eigenvalue weighted by Gasteiger charge is -2.20. The standard InChI is InChI=1S/C13H19ClN2O/c1-8(2)12(15)13(17)16-9(3)10-6-4-5-7-11(10)14/h4-9,12H,15H2,1-3H3,(H,16,17)/t9?,12-/m1/s1. The van der Waals surface area contributed by atoms with Gasteiger partial charge in [-0.3, -0.25) is 4.79 Å². The van der Waals surface area contributed by atoms with Gasteiger partial charge in [-0.25, -0.2) is 0 Å². The van der Waals surface area contributed by atoms with E-state index in [4.69, 9.17) is 17.3 Å². The van der Waals surface area contributed by atoms with E-state index in [1.807, 2.05) is 45.0 Å². The second kappa shape index (κ2) is 6.03. The summed E-state index contributed by atoms with van der Waals surface area (Å²) in [7, 11) is 0. The SMILES string of the molecule is CC(NC(=O)[C@H](N)C(C)C)c1ccccc1Cl. The summed E-state index contributed by atoms with van der Waals surface area (Å²) in [6, 6.07) is 6.84. The highest BCUT2D eigenvalue weighted by atomic mass is 35.5. The van der Waals surface area contributed by atoms with E-state index in [2.05, 4.69) is 5.32 Å². The number of nitrogens with one attached hydrogen (secondary N) is 1. The molecule has 0 aliphatic carbocycles. The van der Waals surface area contributed by atoms with Gasteiger partial charge in [0.25, 0.3) is 0 Å². The summed E-state index contributed by atoms with van der Waals surface area (Å²) in [4.78, 5) is 11.8. The number of amides is 1. The lowest BCUT2D eigenvalue weighted by Crippen LogP contribution is -2.44. The highest BCUT2D eigenvalue weighted by Gasteiger charge is 2.20. The first kappa shape index (κ1) is 14.0. The van der Waals surface area contributed by atoms with Gasteiger partial charge in [-0.1, -0.05) is 43.6 Å². The molecule has 94 valence electrons. The minimum Gasteiger partial charge on any atom is -0.348 e. The van der Waals surface area contributed by atoms with Crippen molar-refractivity contribution in [3.63, 3.8) is 0 Å². The quantitative estimate of drug-likeness (QED) is 0.868. The molecule has 3 nitrogen and oxygen atoms in total. The van der Waals surface area contributed by atoms with Gasteiger partial charge < -0.3 is 11.1 Å². The van der Waals surface area contributed by atoms with E-state index < -0.39 is 6.04 Å². The van der Waals surface area contributed by atoms with Crippen molar-refractivity contribution < 1.29 is 4.79 Å². The predicted octanol–water partition coefficient (Wildman–Crippen LogP) is 2.50. The van der Waals surface area contributed by atoms with Crippen molar-refractivity contribution in [3.05, 3.63) is 34.9 Å². The molecular formula is C13H19ClN2O. The molecule has 17 heavy (non-hydrogen) atoms. The number of hydrogen-bond donors (Lipinski definition) is 2. The Bertz CT molecular complexity index is 393. The number of rotatable bonds is 4. The van der Waals surface area contributed by atoms with E-state index in [1.54, 1.807) is 0 Å². The highest BCUT2D eigenvalue weighted by Crippen LogP contribution is 2.22. The van der Waals surface area contributed by atoms with E-state index in [9.17, 15) is 4.79 Å². The average molecular weight is 255 g/mol. The zero-order chi connectivity index (χ0) is 13.0. The van der Waals surface area contributed by atoms with Crippen LogP contribution in [-0.4, -0.2) is 11.9 Å². The Kier molecular flexibility index (Phi) is 4.97. The van der Waals surface area contributed by atoms with Gasteiger partial charge in [0.15, 0.2) is 0 Å². The third-order valence-corrected chi connectivity index (χ3v) is 3.10. The van der Waals surface area contributed by atoms with E-state index in [0.29, 0.717) is 5.02 Å². The van der Waals surface area contributed by atoms with Crippen LogP contribution in [0.4, 0.5) is 0 Å². The molecular weight excluding hydrogens is 236 g/mol. The van der Waals surface area contributed by atoms with Crippen molar-refractivity contribution in [2.45, 2.75) is 32.9 Å². The van der Waals surface area contributed by atoms with Crippen LogP contribution in [-0.2, 0) is 4.79 Å². The van der Waals surface area contributed by atoms with Gasteiger partial charge in [0.1, 0.15) is 0 Å². The van der Waals surface area contributed by atoms with Crippen LogP contribution in [0.1, 0.15) is 32.4 Å². The number of benzene rings is 1. The molecule has 3 N–H and O–H groups in total. The van der Waals surface area contributed by atoms with Crippen molar-refractivity contribution >= 4 is 17.5 Å². The van der Waals surface area contributed by atoms with Crippen LogP contribution in [0, 0.1) is 5.92 Å². The topological polar surface area (TPSA) is 55.1 Å². The monoisotopic (exact) mass is 254 g/mol. The maximum atomic E-state index is 11.8. The molecule has 4 heteroatoms. The van der Waals surface area contributed by atoms with Crippen LogP contribution in [0.5, 0.6) is 0 Å². The molecule has 0 heterocycles. The summed E-state index contributed by atoms with van der Waals surface area (Å²) in [6.07, 6.45) is 0. The Morgan fingerprint density at radius 1 is 1.29 bits per heavy atom. The van der Waals surface area contributed by atoms with Gasteiger partial charge in [0.2, 0.25) is 5.91 Å². The van der Waals surface area contributed by atoms with E-state index in [0.717, 1.165) is 5.56 Å². The molecule has 0 saturated carbocycles. The third kappa shape index (κ3) is 3.72. The van der Waals surface area contributed by atoms with Crippen LogP contribution < -0.4 is 11.1 Å². The molecule has 0 radical (unpaired) electrons. The molecule has 1 unspecified atom stereocenters. The second-order valence-corrected chi connectivity index (χ2v) is 4.93. The first-order valence-corrected chi connectivity index (χ1v) is 6.11. The largest absolute Gasteiger partial charge is 0.348 e. The molecule has 0 aromatic heterocycles. The average Bonchev–Trinajstić information content (AvgIpc) is 2.28. The van der Waals surface area contributed by atoms with E-state index >= 15 is 0 Å². The minimum atomic E-state index is -0.486. The molecule has 1 rings (SSSR count). The van der Waals surface area contributed by atoms with Crippen LogP contribution in [0.15, 0.2) is 24.3 Å². The van der Waals surface area contributed by atoms with Crippen LogP contribution in [0.2, 0.25) is 5.02 Å². The first-order chi connectivity index (χ1) is 7.93. The second-order valence-electron chi connectivity index (χ2n) is 4.52. The molecule has 0 bridgehead atoms. The summed E-state index contributed by atoms with van der Waals surface area (Å²) in [5.41, 5.74) is 6.68. The van der Waals surface area contributed by atoms with Crippen molar-refractivity contribution in [2.24, 2.45) is 11.7 Å². The van der Waals surface area contributed by atoms with Crippen LogP contribution in [0.25, 0.3) is 0 Å². The molecule has 1 aromatic carbocycles. The molecule has 0 aliphatic rings. The zero-order valence-electron chi connectivity index (χ0n) is 10.4. The molecule has 0 fully saturated rings. The van der Waals surface area contributed by atoms with Gasteiger partial charge >= 0.3 is 0 Å². The zero-order valence-corrected chi connectivity index (χ0v) is 11.2.